The van der Waals surface area contributed by atoms with Crippen LogP contribution in [0.2, 0.25) is 5.02 Å². The third-order valence-corrected chi connectivity index (χ3v) is 4.05. The first kappa shape index (κ1) is 13.4. The lowest BCUT2D eigenvalue weighted by Crippen LogP contribution is -2.36. The first-order chi connectivity index (χ1) is 8.61. The van der Waals surface area contributed by atoms with Crippen molar-refractivity contribution in [3.05, 3.63) is 28.8 Å². The van der Waals surface area contributed by atoms with Crippen LogP contribution in [0, 0.1) is 12.8 Å². The maximum absolute atomic E-state index is 11.7. The van der Waals surface area contributed by atoms with Crippen molar-refractivity contribution in [1.29, 1.82) is 0 Å². The monoisotopic (exact) mass is 265 g/mol. The summed E-state index contributed by atoms with van der Waals surface area (Å²) in [5, 5.41) is 0.815. The number of hydrogen-bond donors (Lipinski definition) is 0. The highest BCUT2D eigenvalue weighted by Gasteiger charge is 2.24. The van der Waals surface area contributed by atoms with Crippen molar-refractivity contribution in [2.45, 2.75) is 33.1 Å². The van der Waals surface area contributed by atoms with Gasteiger partial charge in [0.25, 0.3) is 0 Å². The highest BCUT2D eigenvalue weighted by Crippen LogP contribution is 2.30. The summed E-state index contributed by atoms with van der Waals surface area (Å²) < 4.78 is 0. The molecule has 0 spiro atoms. The van der Waals surface area contributed by atoms with E-state index in [0.717, 1.165) is 36.6 Å². The van der Waals surface area contributed by atoms with Gasteiger partial charge in [0.1, 0.15) is 5.78 Å². The lowest BCUT2D eigenvalue weighted by atomic mass is 9.91. The lowest BCUT2D eigenvalue weighted by molar-refractivity contribution is -0.123. The molecule has 2 nitrogen and oxygen atoms in total. The van der Waals surface area contributed by atoms with Gasteiger partial charge in [-0.15, -0.1) is 0 Å². The van der Waals surface area contributed by atoms with Crippen LogP contribution in [0.3, 0.4) is 0 Å². The highest BCUT2D eigenvalue weighted by atomic mass is 35.5. The molecule has 0 aromatic heterocycles. The molecule has 0 aliphatic carbocycles. The molecule has 3 heteroatoms. The molecule has 98 valence electrons. The van der Waals surface area contributed by atoms with Crippen molar-refractivity contribution in [3.8, 4) is 0 Å². The average Bonchev–Trinajstić information content (AvgIpc) is 2.38. The molecule has 1 aromatic rings. The third-order valence-electron chi connectivity index (χ3n) is 3.74. The van der Waals surface area contributed by atoms with Crippen LogP contribution in [-0.2, 0) is 4.79 Å². The van der Waals surface area contributed by atoms with E-state index in [1.165, 1.54) is 5.56 Å². The number of Topliss-reactive ketones (excluding diaryl/α,β-unsaturated/α-hetero) is 1. The number of ketones is 1. The zero-order valence-corrected chi connectivity index (χ0v) is 11.8. The van der Waals surface area contributed by atoms with Gasteiger partial charge in [-0.2, -0.15) is 0 Å². The highest BCUT2D eigenvalue weighted by molar-refractivity contribution is 6.33. The Morgan fingerprint density at radius 1 is 1.39 bits per heavy atom. The van der Waals surface area contributed by atoms with Crippen molar-refractivity contribution >= 4 is 23.1 Å². The normalized spacial score (nSPS) is 16.9. The summed E-state index contributed by atoms with van der Waals surface area (Å²) in [6.45, 7) is 5.85. The summed E-state index contributed by atoms with van der Waals surface area (Å²) in [7, 11) is 0. The smallest absolute Gasteiger partial charge is 0.135 e. The zero-order valence-electron chi connectivity index (χ0n) is 11.1. The third kappa shape index (κ3) is 2.86. The van der Waals surface area contributed by atoms with Gasteiger partial charge < -0.3 is 4.90 Å². The molecule has 2 rings (SSSR count). The second-order valence-corrected chi connectivity index (χ2v) is 5.44. The van der Waals surface area contributed by atoms with Crippen molar-refractivity contribution in [1.82, 2.24) is 0 Å². The molecular formula is C15H20ClNO. The molecule has 18 heavy (non-hydrogen) atoms. The molecule has 1 aliphatic rings. The molecule has 0 unspecified atom stereocenters. The van der Waals surface area contributed by atoms with Gasteiger partial charge in [-0.3, -0.25) is 4.79 Å². The fourth-order valence-electron chi connectivity index (χ4n) is 2.60. The number of halogens is 1. The van der Waals surface area contributed by atoms with Crippen LogP contribution in [0.25, 0.3) is 0 Å². The second-order valence-electron chi connectivity index (χ2n) is 5.04. The Balaban J connectivity index is 2.03. The number of nitrogens with zero attached hydrogens (tertiary/aromatic N) is 1. The van der Waals surface area contributed by atoms with Crippen LogP contribution in [0.15, 0.2) is 18.2 Å². The Bertz CT molecular complexity index is 436. The Kier molecular flexibility index (Phi) is 4.28. The van der Waals surface area contributed by atoms with E-state index < -0.39 is 0 Å². The van der Waals surface area contributed by atoms with Gasteiger partial charge >= 0.3 is 0 Å². The zero-order chi connectivity index (χ0) is 13.1. The number of hydrogen-bond acceptors (Lipinski definition) is 2. The van der Waals surface area contributed by atoms with Crippen molar-refractivity contribution in [2.75, 3.05) is 18.0 Å². The minimum Gasteiger partial charge on any atom is -0.370 e. The average molecular weight is 266 g/mol. The van der Waals surface area contributed by atoms with E-state index in [4.69, 9.17) is 11.6 Å². The lowest BCUT2D eigenvalue weighted by Gasteiger charge is -2.33. The molecule has 0 atom stereocenters. The van der Waals surface area contributed by atoms with Gasteiger partial charge in [0, 0.05) is 25.4 Å². The minimum atomic E-state index is 0.260. The van der Waals surface area contributed by atoms with Crippen LogP contribution in [0.5, 0.6) is 0 Å². The number of anilines is 1. The molecule has 0 amide bonds. The van der Waals surface area contributed by atoms with Crippen LogP contribution >= 0.6 is 11.6 Å². The van der Waals surface area contributed by atoms with Crippen LogP contribution < -0.4 is 4.90 Å². The quantitative estimate of drug-likeness (QED) is 0.828. The Morgan fingerprint density at radius 2 is 2.06 bits per heavy atom. The summed E-state index contributed by atoms with van der Waals surface area (Å²) in [4.78, 5) is 14.0. The molecule has 1 fully saturated rings. The molecule has 0 bridgehead atoms. The molecule has 0 radical (unpaired) electrons. The number of piperidine rings is 1. The fraction of sp³-hybridized carbons (Fsp3) is 0.533. The maximum atomic E-state index is 11.7. The molecule has 0 N–H and O–H groups in total. The van der Waals surface area contributed by atoms with Crippen molar-refractivity contribution < 1.29 is 4.79 Å². The molecule has 1 aliphatic heterocycles. The topological polar surface area (TPSA) is 20.3 Å². The predicted octanol–water partition coefficient (Wildman–Crippen LogP) is 3.84. The minimum absolute atomic E-state index is 0.260. The van der Waals surface area contributed by atoms with Gasteiger partial charge in [-0.05, 0) is 37.5 Å². The Labute approximate surface area is 114 Å². The first-order valence-electron chi connectivity index (χ1n) is 6.65. The van der Waals surface area contributed by atoms with E-state index in [-0.39, 0.29) is 5.92 Å². The summed E-state index contributed by atoms with van der Waals surface area (Å²) in [6, 6.07) is 6.17. The van der Waals surface area contributed by atoms with Gasteiger partial charge in [-0.25, -0.2) is 0 Å². The van der Waals surface area contributed by atoms with E-state index in [0.29, 0.717) is 12.2 Å². The fourth-order valence-corrected chi connectivity index (χ4v) is 2.95. The summed E-state index contributed by atoms with van der Waals surface area (Å²) >= 11 is 6.28. The van der Waals surface area contributed by atoms with Crippen LogP contribution in [0.1, 0.15) is 31.7 Å². The number of carbonyl (C=O) groups excluding carboxylic acids is 1. The summed E-state index contributed by atoms with van der Waals surface area (Å²) in [6.07, 6.45) is 2.57. The summed E-state index contributed by atoms with van der Waals surface area (Å²) in [5.74, 6) is 0.667. The van der Waals surface area contributed by atoms with E-state index in [1.807, 2.05) is 19.9 Å². The molecule has 1 heterocycles. The van der Waals surface area contributed by atoms with Crippen LogP contribution in [-0.4, -0.2) is 18.9 Å². The number of benzene rings is 1. The van der Waals surface area contributed by atoms with E-state index in [2.05, 4.69) is 17.0 Å². The van der Waals surface area contributed by atoms with Gasteiger partial charge in [0.2, 0.25) is 0 Å². The number of aryl methyl sites for hydroxylation is 1. The Morgan fingerprint density at radius 3 is 2.61 bits per heavy atom. The van der Waals surface area contributed by atoms with Crippen molar-refractivity contribution in [3.63, 3.8) is 0 Å². The molecule has 0 saturated carbocycles. The largest absolute Gasteiger partial charge is 0.370 e. The van der Waals surface area contributed by atoms with Crippen molar-refractivity contribution in [2.24, 2.45) is 5.92 Å². The molecule has 1 saturated heterocycles. The predicted molar refractivity (Wildman–Crippen MR) is 76.4 cm³/mol. The SMILES string of the molecule is CCC(=O)C1CCN(c2ccc(C)cc2Cl)CC1. The molecule has 1 aromatic carbocycles. The summed E-state index contributed by atoms with van der Waals surface area (Å²) in [5.41, 5.74) is 2.28. The van der Waals surface area contributed by atoms with Gasteiger partial charge in [0.05, 0.1) is 10.7 Å². The van der Waals surface area contributed by atoms with Gasteiger partial charge in [0.15, 0.2) is 0 Å². The standard InChI is InChI=1S/C15H20ClNO/c1-3-15(18)12-6-8-17(9-7-12)14-5-4-11(2)10-13(14)16/h4-5,10,12H,3,6-9H2,1-2H3. The maximum Gasteiger partial charge on any atom is 0.135 e. The first-order valence-corrected chi connectivity index (χ1v) is 7.03. The Hall–Kier alpha value is -1.02. The number of carbonyl (C=O) groups is 1. The molecular weight excluding hydrogens is 246 g/mol. The second kappa shape index (κ2) is 5.75. The van der Waals surface area contributed by atoms with Crippen LogP contribution in [0.4, 0.5) is 5.69 Å². The van der Waals surface area contributed by atoms with Gasteiger partial charge in [-0.1, -0.05) is 24.6 Å². The van der Waals surface area contributed by atoms with E-state index >= 15 is 0 Å². The van der Waals surface area contributed by atoms with E-state index in [1.54, 1.807) is 0 Å². The number of rotatable bonds is 3. The van der Waals surface area contributed by atoms with E-state index in [9.17, 15) is 4.79 Å².